The van der Waals surface area contributed by atoms with Gasteiger partial charge in [-0.2, -0.15) is 0 Å². The zero-order valence-electron chi connectivity index (χ0n) is 13.2. The van der Waals surface area contributed by atoms with E-state index in [4.69, 9.17) is 21.1 Å². The van der Waals surface area contributed by atoms with Crippen LogP contribution >= 0.6 is 23.4 Å². The Kier molecular flexibility index (Phi) is 5.28. The number of rotatable bonds is 5. The normalized spacial score (nSPS) is 16.7. The molecule has 0 saturated heterocycles. The van der Waals surface area contributed by atoms with Crippen LogP contribution in [0.15, 0.2) is 29.4 Å². The van der Waals surface area contributed by atoms with Crippen LogP contribution < -0.4 is 9.47 Å². The molecule has 0 aliphatic heterocycles. The molecule has 3 rings (SSSR count). The largest absolute Gasteiger partial charge is 0.477 e. The van der Waals surface area contributed by atoms with Gasteiger partial charge in [0, 0.05) is 10.8 Å². The minimum atomic E-state index is 0.417. The number of benzene rings is 1. The molecule has 1 heterocycles. The summed E-state index contributed by atoms with van der Waals surface area (Å²) >= 11 is 7.78. The SMILES string of the molecule is COc1ncc(SCC2CCc3cc(Cl)ccc3C2)nc1OC. The van der Waals surface area contributed by atoms with Crippen LogP contribution in [0.3, 0.4) is 0 Å². The lowest BCUT2D eigenvalue weighted by molar-refractivity contribution is 0.328. The van der Waals surface area contributed by atoms with E-state index in [9.17, 15) is 0 Å². The van der Waals surface area contributed by atoms with E-state index in [-0.39, 0.29) is 0 Å². The topological polar surface area (TPSA) is 44.2 Å². The van der Waals surface area contributed by atoms with E-state index >= 15 is 0 Å². The van der Waals surface area contributed by atoms with Gasteiger partial charge in [0.25, 0.3) is 11.8 Å². The summed E-state index contributed by atoms with van der Waals surface area (Å²) in [6, 6.07) is 6.24. The Bertz CT molecular complexity index is 696. The van der Waals surface area contributed by atoms with E-state index in [1.807, 2.05) is 6.07 Å². The molecule has 0 amide bonds. The number of hydrogen-bond donors (Lipinski definition) is 0. The Labute approximate surface area is 145 Å². The van der Waals surface area contributed by atoms with Gasteiger partial charge in [-0.15, -0.1) is 11.8 Å². The summed E-state index contributed by atoms with van der Waals surface area (Å²) in [6.45, 7) is 0. The van der Waals surface area contributed by atoms with Gasteiger partial charge in [0.2, 0.25) is 0 Å². The molecule has 122 valence electrons. The first-order valence-corrected chi connectivity index (χ1v) is 8.91. The van der Waals surface area contributed by atoms with Gasteiger partial charge in [-0.05, 0) is 48.4 Å². The fourth-order valence-electron chi connectivity index (χ4n) is 2.83. The third kappa shape index (κ3) is 3.90. The zero-order chi connectivity index (χ0) is 16.2. The second-order valence-electron chi connectivity index (χ2n) is 5.56. The van der Waals surface area contributed by atoms with E-state index in [1.54, 1.807) is 32.2 Å². The van der Waals surface area contributed by atoms with Crippen molar-refractivity contribution in [3.05, 3.63) is 40.5 Å². The minimum Gasteiger partial charge on any atom is -0.477 e. The number of halogens is 1. The van der Waals surface area contributed by atoms with Gasteiger partial charge in [0.1, 0.15) is 5.03 Å². The van der Waals surface area contributed by atoms with Gasteiger partial charge in [-0.1, -0.05) is 17.7 Å². The van der Waals surface area contributed by atoms with E-state index < -0.39 is 0 Å². The molecule has 1 aromatic carbocycles. The molecule has 0 radical (unpaired) electrons. The highest BCUT2D eigenvalue weighted by atomic mass is 35.5. The molecular formula is C17H19ClN2O2S. The van der Waals surface area contributed by atoms with Crippen molar-refractivity contribution < 1.29 is 9.47 Å². The molecular weight excluding hydrogens is 332 g/mol. The van der Waals surface area contributed by atoms with Gasteiger partial charge in [-0.25, -0.2) is 9.97 Å². The summed E-state index contributed by atoms with van der Waals surface area (Å²) in [5.74, 6) is 2.51. The number of hydrogen-bond acceptors (Lipinski definition) is 5. The summed E-state index contributed by atoms with van der Waals surface area (Å²) in [5, 5.41) is 1.70. The van der Waals surface area contributed by atoms with E-state index in [1.165, 1.54) is 17.5 Å². The third-order valence-corrected chi connectivity index (χ3v) is 5.41. The van der Waals surface area contributed by atoms with Gasteiger partial charge >= 0.3 is 0 Å². The number of aromatic nitrogens is 2. The average Bonchev–Trinajstić information content (AvgIpc) is 2.59. The molecule has 0 spiro atoms. The Morgan fingerprint density at radius 3 is 2.83 bits per heavy atom. The first-order chi connectivity index (χ1) is 11.2. The van der Waals surface area contributed by atoms with Crippen molar-refractivity contribution >= 4 is 23.4 Å². The van der Waals surface area contributed by atoms with E-state index in [0.717, 1.165) is 28.6 Å². The van der Waals surface area contributed by atoms with Crippen molar-refractivity contribution in [1.82, 2.24) is 9.97 Å². The predicted molar refractivity (Wildman–Crippen MR) is 92.8 cm³/mol. The molecule has 6 heteroatoms. The Balaban J connectivity index is 1.62. The van der Waals surface area contributed by atoms with Crippen molar-refractivity contribution in [2.24, 2.45) is 5.92 Å². The number of aryl methyl sites for hydroxylation is 1. The van der Waals surface area contributed by atoms with Crippen molar-refractivity contribution in [2.75, 3.05) is 20.0 Å². The van der Waals surface area contributed by atoms with Crippen LogP contribution in [0.4, 0.5) is 0 Å². The summed E-state index contributed by atoms with van der Waals surface area (Å²) in [7, 11) is 3.13. The number of nitrogens with zero attached hydrogens (tertiary/aromatic N) is 2. The lowest BCUT2D eigenvalue weighted by atomic mass is 9.85. The van der Waals surface area contributed by atoms with E-state index in [0.29, 0.717) is 17.7 Å². The van der Waals surface area contributed by atoms with Crippen LogP contribution in [-0.2, 0) is 12.8 Å². The highest BCUT2D eigenvalue weighted by molar-refractivity contribution is 7.99. The van der Waals surface area contributed by atoms with Crippen LogP contribution in [-0.4, -0.2) is 29.9 Å². The first kappa shape index (κ1) is 16.4. The van der Waals surface area contributed by atoms with Gasteiger partial charge < -0.3 is 9.47 Å². The van der Waals surface area contributed by atoms with E-state index in [2.05, 4.69) is 22.1 Å². The quantitative estimate of drug-likeness (QED) is 0.761. The fourth-order valence-corrected chi connectivity index (χ4v) is 3.99. The van der Waals surface area contributed by atoms with Crippen molar-refractivity contribution in [3.8, 4) is 11.8 Å². The molecule has 1 unspecified atom stereocenters. The molecule has 0 saturated carbocycles. The lowest BCUT2D eigenvalue weighted by Gasteiger charge is -2.24. The highest BCUT2D eigenvalue weighted by Crippen LogP contribution is 2.32. The van der Waals surface area contributed by atoms with Crippen LogP contribution in [0.25, 0.3) is 0 Å². The van der Waals surface area contributed by atoms with Crippen LogP contribution in [0.5, 0.6) is 11.8 Å². The maximum absolute atomic E-state index is 6.07. The van der Waals surface area contributed by atoms with Gasteiger partial charge in [-0.3, -0.25) is 0 Å². The molecule has 23 heavy (non-hydrogen) atoms. The number of thioether (sulfide) groups is 1. The third-order valence-electron chi connectivity index (χ3n) is 4.04. The monoisotopic (exact) mass is 350 g/mol. The van der Waals surface area contributed by atoms with Crippen LogP contribution in [0, 0.1) is 5.92 Å². The molecule has 1 aliphatic carbocycles. The molecule has 2 aromatic rings. The second kappa shape index (κ2) is 7.41. The summed E-state index contributed by atoms with van der Waals surface area (Å²) < 4.78 is 10.3. The molecule has 0 N–H and O–H groups in total. The van der Waals surface area contributed by atoms with Crippen molar-refractivity contribution in [3.63, 3.8) is 0 Å². The average molecular weight is 351 g/mol. The Hall–Kier alpha value is -1.46. The summed E-state index contributed by atoms with van der Waals surface area (Å²) in [4.78, 5) is 8.67. The van der Waals surface area contributed by atoms with Crippen molar-refractivity contribution in [1.29, 1.82) is 0 Å². The van der Waals surface area contributed by atoms with Gasteiger partial charge in [0.05, 0.1) is 20.4 Å². The lowest BCUT2D eigenvalue weighted by Crippen LogP contribution is -2.16. The predicted octanol–water partition coefficient (Wildman–Crippen LogP) is 4.04. The molecule has 1 atom stereocenters. The minimum absolute atomic E-state index is 0.417. The number of methoxy groups -OCH3 is 2. The molecule has 4 nitrogen and oxygen atoms in total. The number of fused-ring (bicyclic) bond motifs is 1. The smallest absolute Gasteiger partial charge is 0.278 e. The second-order valence-corrected chi connectivity index (χ2v) is 7.04. The summed E-state index contributed by atoms with van der Waals surface area (Å²) in [6.07, 6.45) is 5.11. The highest BCUT2D eigenvalue weighted by Gasteiger charge is 2.19. The zero-order valence-corrected chi connectivity index (χ0v) is 14.8. The Morgan fingerprint density at radius 2 is 2.04 bits per heavy atom. The van der Waals surface area contributed by atoms with Gasteiger partial charge in [0.15, 0.2) is 0 Å². The van der Waals surface area contributed by atoms with Crippen LogP contribution in [0.2, 0.25) is 5.02 Å². The Morgan fingerprint density at radius 1 is 1.22 bits per heavy atom. The maximum atomic E-state index is 6.07. The first-order valence-electron chi connectivity index (χ1n) is 7.54. The molecule has 1 aromatic heterocycles. The number of ether oxygens (including phenoxy) is 2. The standard InChI is InChI=1S/C17H19ClN2O2S/c1-21-16-17(22-2)20-15(9-19-16)23-10-11-3-4-13-8-14(18)6-5-12(13)7-11/h5-6,8-9,11H,3-4,7,10H2,1-2H3. The fraction of sp³-hybridized carbons (Fsp3) is 0.412. The van der Waals surface area contributed by atoms with Crippen molar-refractivity contribution in [2.45, 2.75) is 24.3 Å². The van der Waals surface area contributed by atoms with Crippen LogP contribution in [0.1, 0.15) is 17.5 Å². The molecule has 0 fully saturated rings. The summed E-state index contributed by atoms with van der Waals surface area (Å²) in [5.41, 5.74) is 2.81. The molecule has 1 aliphatic rings. The molecule has 0 bridgehead atoms. The maximum Gasteiger partial charge on any atom is 0.278 e.